The molecule has 0 aliphatic carbocycles. The summed E-state index contributed by atoms with van der Waals surface area (Å²) in [7, 11) is 4.64. The Bertz CT molecular complexity index is 1860. The maximum absolute atomic E-state index is 4.64. The molecule has 0 fully saturated rings. The first-order valence-corrected chi connectivity index (χ1v) is 31.8. The van der Waals surface area contributed by atoms with Gasteiger partial charge in [0.05, 0.1) is 0 Å². The van der Waals surface area contributed by atoms with E-state index in [4.69, 9.17) is 0 Å². The van der Waals surface area contributed by atoms with Gasteiger partial charge in [-0.05, 0) is 0 Å². The summed E-state index contributed by atoms with van der Waals surface area (Å²) < 4.78 is 13.5. The van der Waals surface area contributed by atoms with E-state index < -0.39 is 43.0 Å². The maximum atomic E-state index is 4.64. The molecule has 0 unspecified atom stereocenters. The Morgan fingerprint density at radius 2 is 0.254 bits per heavy atom. The van der Waals surface area contributed by atoms with Gasteiger partial charge in [-0.15, -0.1) is 0 Å². The first kappa shape index (κ1) is 44.0. The molecule has 0 saturated carbocycles. The zero-order valence-electron chi connectivity index (χ0n) is 32.9. The van der Waals surface area contributed by atoms with Gasteiger partial charge in [-0.2, -0.15) is 0 Å². The second kappa shape index (κ2) is 25.2. The second-order valence-electron chi connectivity index (χ2n) is 13.4. The topological polar surface area (TPSA) is 0 Å². The molecule has 284 valence electrons. The van der Waals surface area contributed by atoms with E-state index in [-0.39, 0.29) is 0 Å². The van der Waals surface area contributed by atoms with Gasteiger partial charge in [-0.1, -0.05) is 0 Å². The molecule has 0 nitrogen and oxygen atoms in total. The average molecular weight is 1020 g/mol. The molecule has 5 heteroatoms. The van der Waals surface area contributed by atoms with Crippen LogP contribution in [0.15, 0.2) is 273 Å². The molecule has 9 aromatic rings. The van der Waals surface area contributed by atoms with Crippen molar-refractivity contribution in [2.45, 2.75) is 0 Å². The van der Waals surface area contributed by atoms with E-state index >= 15 is 0 Å². The Morgan fingerprint density at radius 1 is 0.169 bits per heavy atom. The second-order valence-corrected chi connectivity index (χ2v) is 29.0. The van der Waals surface area contributed by atoms with E-state index in [0.29, 0.717) is 0 Å². The fraction of sp³-hybridized carbons (Fsp3) is 0. The van der Waals surface area contributed by atoms with Crippen molar-refractivity contribution in [1.29, 1.82) is 0 Å². The minimum atomic E-state index is -1.63. The molecule has 0 aliphatic heterocycles. The van der Waals surface area contributed by atoms with Gasteiger partial charge in [0.25, 0.3) is 0 Å². The molecule has 6 radical (unpaired) electrons. The van der Waals surface area contributed by atoms with Crippen LogP contribution in [0.1, 0.15) is 0 Å². The van der Waals surface area contributed by atoms with Crippen LogP contribution in [-0.2, 0) is 0 Å². The van der Waals surface area contributed by atoms with Crippen LogP contribution in [0.3, 0.4) is 0 Å². The summed E-state index contributed by atoms with van der Waals surface area (Å²) >= 11 is -3.42. The zero-order valence-corrected chi connectivity index (χ0v) is 42.0. The Labute approximate surface area is 377 Å². The van der Waals surface area contributed by atoms with Gasteiger partial charge in [0, 0.05) is 0 Å². The summed E-state index contributed by atoms with van der Waals surface area (Å²) in [6.07, 6.45) is 0. The standard InChI is InChI=1S/3C18H15Ge.ClGe/c3*1-4-10-16(11-5-1)19(17-12-6-2-7-13-17)18-14-8-3-9-15-18;1-2/h3*1-15H;. The molecule has 0 saturated heterocycles. The average Bonchev–Trinajstić information content (AvgIpc) is 3.34. The number of hydrogen-bond donors (Lipinski definition) is 0. The van der Waals surface area contributed by atoms with Crippen molar-refractivity contribution >= 4 is 108 Å². The SMILES string of the molecule is [Cl][Ge].c1cc[c]([Ge]([c]2ccccc2)[c]2ccccc2)cc1.c1cc[c]([Ge]([c]2ccccc2)[c]2ccccc2)cc1.c1cc[c]([Ge]([c]2ccccc2)[c]2ccccc2)cc1. The summed E-state index contributed by atoms with van der Waals surface area (Å²) in [6.45, 7) is 0. The number of halogens is 1. The van der Waals surface area contributed by atoms with Crippen LogP contribution in [-0.4, -0.2) is 58.6 Å². The molecule has 0 bridgehead atoms. The summed E-state index contributed by atoms with van der Waals surface area (Å²) in [5.74, 6) is 0. The van der Waals surface area contributed by atoms with Crippen molar-refractivity contribution in [3.05, 3.63) is 273 Å². The van der Waals surface area contributed by atoms with Crippen molar-refractivity contribution < 1.29 is 0 Å². The van der Waals surface area contributed by atoms with Gasteiger partial charge < -0.3 is 0 Å². The number of benzene rings is 9. The fourth-order valence-corrected chi connectivity index (χ4v) is 23.2. The Balaban J connectivity index is 0.000000146. The fourth-order valence-electron chi connectivity index (χ4n) is 6.94. The predicted octanol–water partition coefficient (Wildman–Crippen LogP) is 6.92. The number of hydrogen-bond acceptors (Lipinski definition) is 0. The third kappa shape index (κ3) is 13.2. The summed E-state index contributed by atoms with van der Waals surface area (Å²) in [5.41, 5.74) is 0. The van der Waals surface area contributed by atoms with E-state index in [1.165, 1.54) is 55.1 Å². The molecular formula is C54H45ClGe4. The molecule has 9 aromatic carbocycles. The van der Waals surface area contributed by atoms with E-state index in [1.54, 1.807) is 0 Å². The van der Waals surface area contributed by atoms with Gasteiger partial charge >= 0.3 is 381 Å². The van der Waals surface area contributed by atoms with Crippen LogP contribution >= 0.6 is 10.0 Å². The zero-order chi connectivity index (χ0) is 40.7. The molecule has 9 rings (SSSR count). The van der Waals surface area contributed by atoms with Crippen LogP contribution in [0.4, 0.5) is 0 Å². The first-order valence-electron chi connectivity index (χ1n) is 19.6. The van der Waals surface area contributed by atoms with Gasteiger partial charge in [-0.3, -0.25) is 0 Å². The van der Waals surface area contributed by atoms with E-state index in [1.807, 2.05) is 0 Å². The molecule has 0 aromatic heterocycles. The normalized spacial score (nSPS) is 10.3. The minimum absolute atomic E-state index is 1.47. The van der Waals surface area contributed by atoms with Crippen molar-refractivity contribution in [2.75, 3.05) is 0 Å². The molecular weight excluding hydrogens is 974 g/mol. The van der Waals surface area contributed by atoms with Crippen molar-refractivity contribution in [3.8, 4) is 0 Å². The third-order valence-electron chi connectivity index (χ3n) is 9.56. The van der Waals surface area contributed by atoms with Crippen molar-refractivity contribution in [3.63, 3.8) is 0 Å². The van der Waals surface area contributed by atoms with Crippen LogP contribution in [0.5, 0.6) is 0 Å². The van der Waals surface area contributed by atoms with Gasteiger partial charge in [-0.25, -0.2) is 0 Å². The van der Waals surface area contributed by atoms with Crippen molar-refractivity contribution in [2.24, 2.45) is 0 Å². The molecule has 0 atom stereocenters. The summed E-state index contributed by atoms with van der Waals surface area (Å²) in [4.78, 5) is 0. The van der Waals surface area contributed by atoms with E-state index in [2.05, 4.69) is 283 Å². The quantitative estimate of drug-likeness (QED) is 0.138. The van der Waals surface area contributed by atoms with Gasteiger partial charge in [0.15, 0.2) is 0 Å². The molecule has 0 spiro atoms. The predicted molar refractivity (Wildman–Crippen MR) is 264 cm³/mol. The van der Waals surface area contributed by atoms with Crippen LogP contribution < -0.4 is 39.6 Å². The summed E-state index contributed by atoms with van der Waals surface area (Å²) in [5, 5.41) is 0. The van der Waals surface area contributed by atoms with Crippen LogP contribution in [0.25, 0.3) is 0 Å². The van der Waals surface area contributed by atoms with Crippen LogP contribution in [0, 0.1) is 0 Å². The molecule has 59 heavy (non-hydrogen) atoms. The molecule has 0 amide bonds. The van der Waals surface area contributed by atoms with Gasteiger partial charge in [0.1, 0.15) is 0 Å². The third-order valence-corrected chi connectivity index (χ3v) is 26.8. The molecule has 0 N–H and O–H groups in total. The first-order chi connectivity index (χ1) is 29.3. The summed E-state index contributed by atoms with van der Waals surface area (Å²) in [6, 6.07) is 98.4. The van der Waals surface area contributed by atoms with E-state index in [9.17, 15) is 0 Å². The van der Waals surface area contributed by atoms with E-state index in [0.717, 1.165) is 0 Å². The Kier molecular flexibility index (Phi) is 18.8. The van der Waals surface area contributed by atoms with Gasteiger partial charge in [0.2, 0.25) is 0 Å². The number of rotatable bonds is 9. The monoisotopic (exact) mass is 1020 g/mol. The molecule has 0 heterocycles. The Hall–Kier alpha value is -4.56. The molecule has 0 aliphatic rings. The van der Waals surface area contributed by atoms with Crippen LogP contribution in [0.2, 0.25) is 0 Å². The Morgan fingerprint density at radius 3 is 0.339 bits per heavy atom. The van der Waals surface area contributed by atoms with Crippen molar-refractivity contribution in [1.82, 2.24) is 0 Å².